The van der Waals surface area contributed by atoms with Crippen LogP contribution in [0.1, 0.15) is 25.0 Å². The molecule has 200 valence electrons. The zero-order valence-corrected chi connectivity index (χ0v) is 22.1. The molecule has 38 heavy (non-hydrogen) atoms. The molecule has 1 aliphatic carbocycles. The number of fused-ring (bicyclic) bond motifs is 1. The molecule has 3 aliphatic rings. The number of aromatic nitrogens is 2. The number of piperazine rings is 1. The molecule has 0 saturated carbocycles. The van der Waals surface area contributed by atoms with E-state index in [1.165, 1.54) is 10.6 Å². The lowest BCUT2D eigenvalue weighted by molar-refractivity contribution is 0.383. The SMILES string of the molecule is C/C=C/C1=CC(Nc2cc(N3CCN(S(C)(=O)=O)CC3)nc(Oc3cc(F)c4c(c3F)C=C(C)C4)n2)=NC1. The van der Waals surface area contributed by atoms with Crippen molar-refractivity contribution >= 4 is 33.6 Å². The maximum absolute atomic E-state index is 15.3. The van der Waals surface area contributed by atoms with Crippen molar-refractivity contribution in [3.63, 3.8) is 0 Å². The van der Waals surface area contributed by atoms with Gasteiger partial charge in [0.1, 0.15) is 23.3 Å². The molecule has 1 N–H and O–H groups in total. The molecule has 1 fully saturated rings. The molecule has 1 saturated heterocycles. The fourth-order valence-corrected chi connectivity index (χ4v) is 5.46. The van der Waals surface area contributed by atoms with Gasteiger partial charge in [0, 0.05) is 49.4 Å². The third-order valence-electron chi connectivity index (χ3n) is 6.49. The second kappa shape index (κ2) is 10.3. The number of sulfonamides is 1. The van der Waals surface area contributed by atoms with E-state index < -0.39 is 21.7 Å². The van der Waals surface area contributed by atoms with Crippen LogP contribution in [-0.4, -0.2) is 67.5 Å². The number of amidine groups is 1. The van der Waals surface area contributed by atoms with Crippen molar-refractivity contribution in [1.29, 1.82) is 0 Å². The van der Waals surface area contributed by atoms with E-state index in [1.807, 2.05) is 37.0 Å². The van der Waals surface area contributed by atoms with Crippen LogP contribution in [0.3, 0.4) is 0 Å². The highest BCUT2D eigenvalue weighted by Gasteiger charge is 2.26. The molecule has 0 spiro atoms. The lowest BCUT2D eigenvalue weighted by Gasteiger charge is -2.34. The summed E-state index contributed by atoms with van der Waals surface area (Å²) in [4.78, 5) is 15.2. The number of nitrogens with one attached hydrogen (secondary N) is 1. The normalized spacial score (nSPS) is 17.9. The Balaban J connectivity index is 1.46. The molecule has 12 heteroatoms. The van der Waals surface area contributed by atoms with Crippen LogP contribution in [0.15, 0.2) is 46.5 Å². The van der Waals surface area contributed by atoms with Gasteiger partial charge in [-0.25, -0.2) is 17.2 Å². The number of allylic oxidation sites excluding steroid dienone is 2. The molecule has 0 atom stereocenters. The van der Waals surface area contributed by atoms with Crippen LogP contribution in [-0.2, 0) is 16.4 Å². The minimum Gasteiger partial charge on any atom is -0.421 e. The number of benzene rings is 1. The van der Waals surface area contributed by atoms with Gasteiger partial charge in [-0.15, -0.1) is 0 Å². The van der Waals surface area contributed by atoms with Crippen molar-refractivity contribution in [2.24, 2.45) is 4.99 Å². The van der Waals surface area contributed by atoms with Gasteiger partial charge in [0.2, 0.25) is 10.0 Å². The van der Waals surface area contributed by atoms with Gasteiger partial charge in [0.05, 0.1) is 12.8 Å². The maximum Gasteiger partial charge on any atom is 0.326 e. The molecule has 1 aromatic heterocycles. The van der Waals surface area contributed by atoms with Crippen LogP contribution in [0, 0.1) is 11.6 Å². The van der Waals surface area contributed by atoms with Gasteiger partial charge in [-0.3, -0.25) is 4.99 Å². The summed E-state index contributed by atoms with van der Waals surface area (Å²) in [5.41, 5.74) is 2.36. The van der Waals surface area contributed by atoms with Gasteiger partial charge in [-0.05, 0) is 31.9 Å². The minimum absolute atomic E-state index is 0.172. The average Bonchev–Trinajstić information content (AvgIpc) is 3.48. The number of halogens is 2. The Bertz CT molecular complexity index is 1510. The fourth-order valence-electron chi connectivity index (χ4n) is 4.64. The third kappa shape index (κ3) is 5.46. The van der Waals surface area contributed by atoms with E-state index in [4.69, 9.17) is 4.74 Å². The zero-order chi connectivity index (χ0) is 27.0. The standard InChI is InChI=1S/C26H28F2N6O3S/c1-4-5-17-12-22(29-15-17)30-23-14-24(33-6-8-34(9-7-33)38(3,35)36)32-26(31-23)37-21-13-20(27)18-10-16(2)11-19(18)25(21)28/h4-5,11-14H,6-10,15H2,1-3H3,(H,29,30,31,32)/b5-4+. The summed E-state index contributed by atoms with van der Waals surface area (Å²) in [5, 5.41) is 3.14. The predicted octanol–water partition coefficient (Wildman–Crippen LogP) is 3.91. The second-order valence-electron chi connectivity index (χ2n) is 9.42. The number of aliphatic imine (C=N–C) groups is 1. The average molecular weight is 543 g/mol. The zero-order valence-electron chi connectivity index (χ0n) is 21.3. The Labute approximate surface area is 220 Å². The highest BCUT2D eigenvalue weighted by Crippen LogP contribution is 2.36. The van der Waals surface area contributed by atoms with Gasteiger partial charge in [0.25, 0.3) is 0 Å². The number of rotatable bonds is 6. The molecule has 0 unspecified atom stereocenters. The lowest BCUT2D eigenvalue weighted by atomic mass is 10.1. The van der Waals surface area contributed by atoms with Gasteiger partial charge >= 0.3 is 6.01 Å². The van der Waals surface area contributed by atoms with Crippen molar-refractivity contribution in [1.82, 2.24) is 14.3 Å². The second-order valence-corrected chi connectivity index (χ2v) is 11.4. The van der Waals surface area contributed by atoms with Crippen LogP contribution < -0.4 is 15.0 Å². The summed E-state index contributed by atoms with van der Waals surface area (Å²) in [6.45, 7) is 5.63. The molecule has 3 heterocycles. The first kappa shape index (κ1) is 26.0. The molecule has 5 rings (SSSR count). The van der Waals surface area contributed by atoms with Gasteiger partial charge in [-0.1, -0.05) is 23.8 Å². The number of hydrogen-bond acceptors (Lipinski definition) is 8. The first-order valence-electron chi connectivity index (χ1n) is 12.2. The molecular weight excluding hydrogens is 514 g/mol. The van der Waals surface area contributed by atoms with E-state index in [-0.39, 0.29) is 17.3 Å². The van der Waals surface area contributed by atoms with E-state index in [9.17, 15) is 12.8 Å². The first-order chi connectivity index (χ1) is 18.1. The summed E-state index contributed by atoms with van der Waals surface area (Å²) >= 11 is 0. The van der Waals surface area contributed by atoms with Crippen molar-refractivity contribution < 1.29 is 21.9 Å². The third-order valence-corrected chi connectivity index (χ3v) is 7.79. The van der Waals surface area contributed by atoms with Crippen LogP contribution in [0.4, 0.5) is 20.4 Å². The van der Waals surface area contributed by atoms with E-state index in [0.29, 0.717) is 62.2 Å². The smallest absolute Gasteiger partial charge is 0.326 e. The van der Waals surface area contributed by atoms with E-state index in [0.717, 1.165) is 17.2 Å². The molecule has 9 nitrogen and oxygen atoms in total. The summed E-state index contributed by atoms with van der Waals surface area (Å²) in [6, 6.07) is 2.53. The summed E-state index contributed by atoms with van der Waals surface area (Å²) in [5.74, 6) is -0.151. The minimum atomic E-state index is -3.30. The van der Waals surface area contributed by atoms with E-state index >= 15 is 4.39 Å². The topological polar surface area (TPSA) is 100 Å². The Morgan fingerprint density at radius 1 is 1.11 bits per heavy atom. The van der Waals surface area contributed by atoms with Gasteiger partial charge < -0.3 is 15.0 Å². The molecule has 0 bridgehead atoms. The number of hydrogen-bond donors (Lipinski definition) is 1. The van der Waals surface area contributed by atoms with Crippen molar-refractivity contribution in [2.75, 3.05) is 49.2 Å². The van der Waals surface area contributed by atoms with Crippen LogP contribution in [0.2, 0.25) is 0 Å². The number of anilines is 2. The Hall–Kier alpha value is -3.64. The largest absolute Gasteiger partial charge is 0.421 e. The van der Waals surface area contributed by atoms with Gasteiger partial charge in [-0.2, -0.15) is 14.3 Å². The summed E-state index contributed by atoms with van der Waals surface area (Å²) in [6.07, 6.45) is 8.91. The monoisotopic (exact) mass is 542 g/mol. The molecule has 2 aliphatic heterocycles. The number of nitrogens with zero attached hydrogens (tertiary/aromatic N) is 5. The van der Waals surface area contributed by atoms with Crippen molar-refractivity contribution in [3.05, 3.63) is 64.3 Å². The van der Waals surface area contributed by atoms with Crippen molar-refractivity contribution in [3.8, 4) is 11.8 Å². The Morgan fingerprint density at radius 2 is 1.87 bits per heavy atom. The molecule has 2 aromatic rings. The quantitative estimate of drug-likeness (QED) is 0.591. The van der Waals surface area contributed by atoms with Crippen molar-refractivity contribution in [2.45, 2.75) is 20.3 Å². The first-order valence-corrected chi connectivity index (χ1v) is 14.1. The fraction of sp³-hybridized carbons (Fsp3) is 0.346. The van der Waals surface area contributed by atoms with Crippen LogP contribution in [0.25, 0.3) is 6.08 Å². The van der Waals surface area contributed by atoms with Crippen LogP contribution in [0.5, 0.6) is 11.8 Å². The highest BCUT2D eigenvalue weighted by molar-refractivity contribution is 7.88. The maximum atomic E-state index is 15.3. The molecule has 1 aromatic carbocycles. The summed E-state index contributed by atoms with van der Waals surface area (Å²) < 4.78 is 61.0. The summed E-state index contributed by atoms with van der Waals surface area (Å²) in [7, 11) is -3.30. The lowest BCUT2D eigenvalue weighted by Crippen LogP contribution is -2.48. The predicted molar refractivity (Wildman–Crippen MR) is 143 cm³/mol. The molecule has 0 radical (unpaired) electrons. The Morgan fingerprint density at radius 3 is 2.58 bits per heavy atom. The molecular formula is C26H28F2N6O3S. The highest BCUT2D eigenvalue weighted by atomic mass is 32.2. The van der Waals surface area contributed by atoms with E-state index in [1.54, 1.807) is 12.1 Å². The van der Waals surface area contributed by atoms with E-state index in [2.05, 4.69) is 20.3 Å². The van der Waals surface area contributed by atoms with Crippen LogP contribution >= 0.6 is 0 Å². The van der Waals surface area contributed by atoms with Gasteiger partial charge in [0.15, 0.2) is 11.6 Å². The molecule has 0 amide bonds. The number of ether oxygens (including phenoxy) is 1. The Kier molecular flexibility index (Phi) is 7.01.